The molecule has 0 radical (unpaired) electrons. The first-order valence-corrected chi connectivity index (χ1v) is 9.59. The summed E-state index contributed by atoms with van der Waals surface area (Å²) in [6.07, 6.45) is 1.75. The Morgan fingerprint density at radius 2 is 1.78 bits per heavy atom. The molecule has 0 aliphatic carbocycles. The molecule has 4 rings (SSSR count). The summed E-state index contributed by atoms with van der Waals surface area (Å²) >= 11 is 7.51. The van der Waals surface area contributed by atoms with Crippen molar-refractivity contribution in [2.45, 2.75) is 6.54 Å². The molecule has 2 aromatic carbocycles. The van der Waals surface area contributed by atoms with Crippen molar-refractivity contribution in [3.8, 4) is 0 Å². The molecule has 0 spiro atoms. The van der Waals surface area contributed by atoms with Crippen LogP contribution in [0.3, 0.4) is 0 Å². The number of carbonyl (C=O) groups is 2. The quantitative estimate of drug-likeness (QED) is 0.471. The highest BCUT2D eigenvalue weighted by atomic mass is 35.5. The third-order valence-electron chi connectivity index (χ3n) is 4.24. The molecule has 2 aromatic heterocycles. The van der Waals surface area contributed by atoms with Crippen LogP contribution in [0.4, 0.5) is 5.69 Å². The summed E-state index contributed by atoms with van der Waals surface area (Å²) in [5, 5.41) is 6.01. The zero-order valence-electron chi connectivity index (χ0n) is 14.2. The van der Waals surface area contributed by atoms with Crippen molar-refractivity contribution < 1.29 is 9.59 Å². The van der Waals surface area contributed by atoms with Gasteiger partial charge >= 0.3 is 0 Å². The summed E-state index contributed by atoms with van der Waals surface area (Å²) in [7, 11) is 0. The van der Waals surface area contributed by atoms with Gasteiger partial charge in [-0.2, -0.15) is 0 Å². The molecule has 0 aliphatic heterocycles. The molecule has 6 heteroatoms. The molecule has 1 amide bonds. The van der Waals surface area contributed by atoms with E-state index in [2.05, 4.69) is 5.32 Å². The predicted molar refractivity (Wildman–Crippen MR) is 110 cm³/mol. The highest BCUT2D eigenvalue weighted by molar-refractivity contribution is 7.12. The Bertz CT molecular complexity index is 1130. The minimum atomic E-state index is -0.209. The molecule has 0 atom stereocenters. The third-order valence-corrected chi connectivity index (χ3v) is 5.44. The minimum absolute atomic E-state index is 0.0357. The zero-order chi connectivity index (χ0) is 18.8. The number of nitrogens with one attached hydrogen (secondary N) is 1. The lowest BCUT2D eigenvalue weighted by Crippen LogP contribution is -2.18. The summed E-state index contributed by atoms with van der Waals surface area (Å²) in [4.78, 5) is 26.0. The molecule has 0 saturated carbocycles. The maximum absolute atomic E-state index is 12.8. The van der Waals surface area contributed by atoms with Crippen LogP contribution >= 0.6 is 22.9 Å². The lowest BCUT2D eigenvalue weighted by atomic mass is 10.1. The van der Waals surface area contributed by atoms with Gasteiger partial charge in [-0.3, -0.25) is 9.59 Å². The molecule has 4 nitrogen and oxygen atoms in total. The van der Waals surface area contributed by atoms with Gasteiger partial charge in [0.05, 0.1) is 15.6 Å². The van der Waals surface area contributed by atoms with E-state index in [1.54, 1.807) is 29.0 Å². The van der Waals surface area contributed by atoms with Crippen LogP contribution in [-0.4, -0.2) is 16.3 Å². The maximum atomic E-state index is 12.8. The van der Waals surface area contributed by atoms with Gasteiger partial charge in [0.15, 0.2) is 0 Å². The number of hydrogen-bond acceptors (Lipinski definition) is 3. The maximum Gasteiger partial charge on any atom is 0.244 e. The van der Waals surface area contributed by atoms with Gasteiger partial charge in [0.2, 0.25) is 11.7 Å². The van der Waals surface area contributed by atoms with Crippen LogP contribution in [0.1, 0.15) is 15.2 Å². The van der Waals surface area contributed by atoms with Crippen molar-refractivity contribution in [3.63, 3.8) is 0 Å². The van der Waals surface area contributed by atoms with E-state index >= 15 is 0 Å². The number of halogens is 1. The van der Waals surface area contributed by atoms with E-state index in [0.29, 0.717) is 21.2 Å². The average Bonchev–Trinajstić information content (AvgIpc) is 3.32. The van der Waals surface area contributed by atoms with Crippen molar-refractivity contribution in [2.24, 2.45) is 0 Å². The Balaban J connectivity index is 1.65. The van der Waals surface area contributed by atoms with E-state index in [1.165, 1.54) is 11.3 Å². The molecule has 134 valence electrons. The highest BCUT2D eigenvalue weighted by Gasteiger charge is 2.18. The number of aromatic nitrogens is 1. The number of benzene rings is 2. The van der Waals surface area contributed by atoms with Gasteiger partial charge in [-0.25, -0.2) is 0 Å². The first-order valence-electron chi connectivity index (χ1n) is 8.34. The molecule has 27 heavy (non-hydrogen) atoms. The number of para-hydroxylation sites is 2. The number of ketones is 1. The van der Waals surface area contributed by atoms with Crippen LogP contribution in [0.5, 0.6) is 0 Å². The molecule has 0 bridgehead atoms. The van der Waals surface area contributed by atoms with Crippen molar-refractivity contribution in [1.82, 2.24) is 4.57 Å². The Kier molecular flexibility index (Phi) is 4.79. The molecule has 0 unspecified atom stereocenters. The number of rotatable bonds is 5. The van der Waals surface area contributed by atoms with Gasteiger partial charge in [-0.15, -0.1) is 11.3 Å². The lowest BCUT2D eigenvalue weighted by molar-refractivity contribution is -0.116. The van der Waals surface area contributed by atoms with E-state index in [4.69, 9.17) is 11.6 Å². The third kappa shape index (κ3) is 3.52. The Labute approximate surface area is 165 Å². The SMILES string of the molecule is O=C(Cn1cc(C(=O)c2cccs2)c2ccccc21)Nc1ccccc1Cl. The fourth-order valence-corrected chi connectivity index (χ4v) is 3.87. The molecule has 0 saturated heterocycles. The summed E-state index contributed by atoms with van der Waals surface area (Å²) in [5.74, 6) is -0.245. The molecule has 0 fully saturated rings. The number of nitrogens with zero attached hydrogens (tertiary/aromatic N) is 1. The molecular formula is C21H15ClN2O2S. The van der Waals surface area contributed by atoms with E-state index in [1.807, 2.05) is 47.8 Å². The molecular weight excluding hydrogens is 380 g/mol. The number of hydrogen-bond donors (Lipinski definition) is 1. The first kappa shape index (κ1) is 17.5. The number of thiophene rings is 1. The van der Waals surface area contributed by atoms with Crippen molar-refractivity contribution in [2.75, 3.05) is 5.32 Å². The lowest BCUT2D eigenvalue weighted by Gasteiger charge is -2.08. The summed E-state index contributed by atoms with van der Waals surface area (Å²) in [6.45, 7) is 0.0868. The molecule has 4 aromatic rings. The van der Waals surface area contributed by atoms with Crippen LogP contribution < -0.4 is 5.32 Å². The van der Waals surface area contributed by atoms with E-state index in [0.717, 1.165) is 10.9 Å². The topological polar surface area (TPSA) is 51.1 Å². The first-order chi connectivity index (χ1) is 13.1. The predicted octanol–water partition coefficient (Wildman–Crippen LogP) is 5.23. The average molecular weight is 395 g/mol. The fraction of sp³-hybridized carbons (Fsp3) is 0.0476. The van der Waals surface area contributed by atoms with Crippen LogP contribution in [0, 0.1) is 0 Å². The van der Waals surface area contributed by atoms with Crippen molar-refractivity contribution in [1.29, 1.82) is 0 Å². The van der Waals surface area contributed by atoms with Gasteiger partial charge < -0.3 is 9.88 Å². The Hall–Kier alpha value is -2.89. The molecule has 1 N–H and O–H groups in total. The summed E-state index contributed by atoms with van der Waals surface area (Å²) in [5.41, 5.74) is 2.00. The van der Waals surface area contributed by atoms with Crippen LogP contribution in [0.25, 0.3) is 10.9 Å². The van der Waals surface area contributed by atoms with Crippen molar-refractivity contribution in [3.05, 3.63) is 87.7 Å². The molecule has 2 heterocycles. The molecule has 0 aliphatic rings. The van der Waals surface area contributed by atoms with Gasteiger partial charge in [-0.1, -0.05) is 48.0 Å². The van der Waals surface area contributed by atoms with Crippen molar-refractivity contribution >= 4 is 51.2 Å². The standard InChI is InChI=1S/C21H15ClN2O2S/c22-16-7-2-3-8-17(16)23-20(25)13-24-12-15(14-6-1-4-9-18(14)24)21(26)19-10-5-11-27-19/h1-12H,13H2,(H,23,25). The number of anilines is 1. The van der Waals surface area contributed by atoms with Crippen LogP contribution in [-0.2, 0) is 11.3 Å². The second-order valence-corrected chi connectivity index (χ2v) is 7.38. The number of carbonyl (C=O) groups excluding carboxylic acids is 2. The summed E-state index contributed by atoms with van der Waals surface area (Å²) < 4.78 is 1.79. The fourth-order valence-electron chi connectivity index (χ4n) is 3.01. The minimum Gasteiger partial charge on any atom is -0.337 e. The van der Waals surface area contributed by atoms with Crippen LogP contribution in [0.2, 0.25) is 5.02 Å². The number of fused-ring (bicyclic) bond motifs is 1. The largest absolute Gasteiger partial charge is 0.337 e. The zero-order valence-corrected chi connectivity index (χ0v) is 15.8. The monoisotopic (exact) mass is 394 g/mol. The van der Waals surface area contributed by atoms with Gasteiger partial charge in [0.25, 0.3) is 0 Å². The van der Waals surface area contributed by atoms with Gasteiger partial charge in [0.1, 0.15) is 6.54 Å². The second kappa shape index (κ2) is 7.39. The Morgan fingerprint density at radius 3 is 2.56 bits per heavy atom. The second-order valence-electron chi connectivity index (χ2n) is 6.02. The Morgan fingerprint density at radius 1 is 1.00 bits per heavy atom. The van der Waals surface area contributed by atoms with E-state index in [-0.39, 0.29) is 18.2 Å². The van der Waals surface area contributed by atoms with Gasteiger partial charge in [0, 0.05) is 22.7 Å². The normalized spacial score (nSPS) is 10.9. The van der Waals surface area contributed by atoms with E-state index < -0.39 is 0 Å². The van der Waals surface area contributed by atoms with Crippen LogP contribution in [0.15, 0.2) is 72.2 Å². The smallest absolute Gasteiger partial charge is 0.244 e. The van der Waals surface area contributed by atoms with E-state index in [9.17, 15) is 9.59 Å². The van der Waals surface area contributed by atoms with Gasteiger partial charge in [-0.05, 0) is 29.6 Å². The summed E-state index contributed by atoms with van der Waals surface area (Å²) in [6, 6.07) is 18.3. The number of amides is 1. The highest BCUT2D eigenvalue weighted by Crippen LogP contribution is 2.26.